The van der Waals surface area contributed by atoms with Gasteiger partial charge in [-0.1, -0.05) is 32.3 Å². The topological polar surface area (TPSA) is 52.6 Å². The number of hydrogen-bond donors (Lipinski definition) is 0. The number of ether oxygens (including phenoxy) is 2. The van der Waals surface area contributed by atoms with Gasteiger partial charge in [0.25, 0.3) is 0 Å². The molecule has 0 saturated heterocycles. The first-order chi connectivity index (χ1) is 9.49. The van der Waals surface area contributed by atoms with Gasteiger partial charge in [-0.25, -0.2) is 0 Å². The van der Waals surface area contributed by atoms with Gasteiger partial charge in [0, 0.05) is 0 Å². The van der Waals surface area contributed by atoms with Gasteiger partial charge in [0.15, 0.2) is 0 Å². The van der Waals surface area contributed by atoms with Crippen molar-refractivity contribution in [1.82, 2.24) is 0 Å². The maximum atomic E-state index is 11.6. The molecule has 0 spiro atoms. The zero-order valence-corrected chi connectivity index (χ0v) is 13.2. The van der Waals surface area contributed by atoms with Crippen molar-refractivity contribution >= 4 is 11.9 Å². The van der Waals surface area contributed by atoms with E-state index in [0.717, 1.165) is 31.3 Å². The zero-order chi connectivity index (χ0) is 15.4. The van der Waals surface area contributed by atoms with Gasteiger partial charge < -0.3 is 9.47 Å². The zero-order valence-electron chi connectivity index (χ0n) is 13.2. The molecule has 0 aliphatic carbocycles. The van der Waals surface area contributed by atoms with E-state index >= 15 is 0 Å². The molecule has 0 aromatic heterocycles. The van der Waals surface area contributed by atoms with E-state index in [4.69, 9.17) is 9.47 Å². The van der Waals surface area contributed by atoms with Gasteiger partial charge in [-0.05, 0) is 32.8 Å². The fourth-order valence-electron chi connectivity index (χ4n) is 1.73. The van der Waals surface area contributed by atoms with E-state index in [0.29, 0.717) is 0 Å². The molecule has 0 N–H and O–H groups in total. The third kappa shape index (κ3) is 10.6. The fourth-order valence-corrected chi connectivity index (χ4v) is 1.73. The molecule has 0 aromatic rings. The van der Waals surface area contributed by atoms with Crippen molar-refractivity contribution in [2.24, 2.45) is 0 Å². The van der Waals surface area contributed by atoms with Crippen LogP contribution in [0.3, 0.4) is 0 Å². The summed E-state index contributed by atoms with van der Waals surface area (Å²) in [4.78, 5) is 23.1. The molecule has 0 rings (SSSR count). The van der Waals surface area contributed by atoms with E-state index in [2.05, 4.69) is 13.8 Å². The Labute approximate surface area is 122 Å². The lowest BCUT2D eigenvalue weighted by Gasteiger charge is -2.16. The van der Waals surface area contributed by atoms with Gasteiger partial charge in [0.1, 0.15) is 12.7 Å². The van der Waals surface area contributed by atoms with Crippen LogP contribution in [0.5, 0.6) is 0 Å². The summed E-state index contributed by atoms with van der Waals surface area (Å²) in [5.74, 6) is -0.668. The van der Waals surface area contributed by atoms with Crippen LogP contribution in [0.2, 0.25) is 0 Å². The largest absolute Gasteiger partial charge is 0.462 e. The number of esters is 2. The minimum absolute atomic E-state index is 0.0146. The van der Waals surface area contributed by atoms with E-state index in [-0.39, 0.29) is 37.5 Å². The van der Waals surface area contributed by atoms with Crippen LogP contribution in [-0.4, -0.2) is 24.6 Å². The molecule has 0 aliphatic rings. The van der Waals surface area contributed by atoms with E-state index in [1.807, 2.05) is 19.9 Å². The summed E-state index contributed by atoms with van der Waals surface area (Å²) in [5.41, 5.74) is 1.10. The molecule has 0 aliphatic heterocycles. The Morgan fingerprint density at radius 2 is 1.55 bits per heavy atom. The second kappa shape index (κ2) is 11.5. The van der Waals surface area contributed by atoms with Gasteiger partial charge in [0.2, 0.25) is 0 Å². The quantitative estimate of drug-likeness (QED) is 0.452. The van der Waals surface area contributed by atoms with Crippen molar-refractivity contribution < 1.29 is 19.1 Å². The van der Waals surface area contributed by atoms with Crippen LogP contribution in [0.1, 0.15) is 66.2 Å². The molecular weight excluding hydrogens is 256 g/mol. The number of rotatable bonds is 10. The molecule has 0 fully saturated rings. The number of carbonyl (C=O) groups is 2. The highest BCUT2D eigenvalue weighted by molar-refractivity contribution is 5.77. The fraction of sp³-hybridized carbons (Fsp3) is 0.750. The normalized spacial score (nSPS) is 10.2. The van der Waals surface area contributed by atoms with Gasteiger partial charge in [0.05, 0.1) is 12.8 Å². The van der Waals surface area contributed by atoms with Crippen molar-refractivity contribution in [3.05, 3.63) is 11.6 Å². The molecule has 0 amide bonds. The summed E-state index contributed by atoms with van der Waals surface area (Å²) in [6.07, 6.45) is 5.73. The van der Waals surface area contributed by atoms with Crippen LogP contribution >= 0.6 is 0 Å². The lowest BCUT2D eigenvalue weighted by atomic mass is 10.1. The predicted molar refractivity (Wildman–Crippen MR) is 79.3 cm³/mol. The first kappa shape index (κ1) is 18.7. The van der Waals surface area contributed by atoms with E-state index in [1.54, 1.807) is 0 Å². The van der Waals surface area contributed by atoms with Gasteiger partial charge in [-0.15, -0.1) is 0 Å². The van der Waals surface area contributed by atoms with Crippen molar-refractivity contribution in [2.75, 3.05) is 6.61 Å². The smallest absolute Gasteiger partial charge is 0.306 e. The standard InChI is InChI=1S/C16H28O4/c1-5-7-14(8-6-2)20-16(18)10-9-15(17)19-12-11-13(3)4/h11,14H,5-10,12H2,1-4H3. The van der Waals surface area contributed by atoms with Crippen LogP contribution in [-0.2, 0) is 19.1 Å². The Hall–Kier alpha value is -1.32. The highest BCUT2D eigenvalue weighted by atomic mass is 16.5. The lowest BCUT2D eigenvalue weighted by molar-refractivity contribution is -0.153. The molecule has 4 heteroatoms. The Balaban J connectivity index is 3.90. The maximum Gasteiger partial charge on any atom is 0.306 e. The highest BCUT2D eigenvalue weighted by Gasteiger charge is 2.14. The summed E-state index contributed by atoms with van der Waals surface area (Å²) in [7, 11) is 0. The van der Waals surface area contributed by atoms with Crippen LogP contribution in [0.15, 0.2) is 11.6 Å². The lowest BCUT2D eigenvalue weighted by Crippen LogP contribution is -2.19. The van der Waals surface area contributed by atoms with Crippen molar-refractivity contribution in [3.8, 4) is 0 Å². The van der Waals surface area contributed by atoms with Crippen LogP contribution < -0.4 is 0 Å². The number of allylic oxidation sites excluding steroid dienone is 1. The second-order valence-corrected chi connectivity index (χ2v) is 5.15. The third-order valence-electron chi connectivity index (χ3n) is 2.79. The highest BCUT2D eigenvalue weighted by Crippen LogP contribution is 2.11. The first-order valence-electron chi connectivity index (χ1n) is 7.48. The summed E-state index contributed by atoms with van der Waals surface area (Å²) in [5, 5.41) is 0. The summed E-state index contributed by atoms with van der Waals surface area (Å²) in [6, 6.07) is 0. The van der Waals surface area contributed by atoms with Gasteiger partial charge >= 0.3 is 11.9 Å². The van der Waals surface area contributed by atoms with Crippen LogP contribution in [0.4, 0.5) is 0 Å². The summed E-state index contributed by atoms with van der Waals surface area (Å²) < 4.78 is 10.3. The van der Waals surface area contributed by atoms with Crippen LogP contribution in [0, 0.1) is 0 Å². The van der Waals surface area contributed by atoms with Crippen molar-refractivity contribution in [1.29, 1.82) is 0 Å². The summed E-state index contributed by atoms with van der Waals surface area (Å²) >= 11 is 0. The Bertz CT molecular complexity index is 310. The van der Waals surface area contributed by atoms with Crippen LogP contribution in [0.25, 0.3) is 0 Å². The molecule has 116 valence electrons. The minimum Gasteiger partial charge on any atom is -0.462 e. The summed E-state index contributed by atoms with van der Waals surface area (Å²) in [6.45, 7) is 8.28. The average molecular weight is 284 g/mol. The monoisotopic (exact) mass is 284 g/mol. The molecule has 20 heavy (non-hydrogen) atoms. The molecule has 0 aromatic carbocycles. The number of hydrogen-bond acceptors (Lipinski definition) is 4. The van der Waals surface area contributed by atoms with Gasteiger partial charge in [-0.3, -0.25) is 9.59 Å². The molecule has 0 radical (unpaired) electrons. The second-order valence-electron chi connectivity index (χ2n) is 5.15. The van der Waals surface area contributed by atoms with E-state index < -0.39 is 0 Å². The Kier molecular flexibility index (Phi) is 10.7. The molecule has 0 atom stereocenters. The molecular formula is C16H28O4. The average Bonchev–Trinajstić information content (AvgIpc) is 2.36. The SMILES string of the molecule is CCCC(CCC)OC(=O)CCC(=O)OCC=C(C)C. The van der Waals surface area contributed by atoms with Gasteiger partial charge in [-0.2, -0.15) is 0 Å². The molecule has 4 nitrogen and oxygen atoms in total. The van der Waals surface area contributed by atoms with Crippen molar-refractivity contribution in [2.45, 2.75) is 72.3 Å². The van der Waals surface area contributed by atoms with E-state index in [9.17, 15) is 9.59 Å². The number of carbonyl (C=O) groups excluding carboxylic acids is 2. The molecule has 0 heterocycles. The third-order valence-corrected chi connectivity index (χ3v) is 2.79. The van der Waals surface area contributed by atoms with E-state index in [1.165, 1.54) is 0 Å². The molecule has 0 saturated carbocycles. The maximum absolute atomic E-state index is 11.6. The predicted octanol–water partition coefficient (Wildman–Crippen LogP) is 3.79. The minimum atomic E-state index is -0.359. The Morgan fingerprint density at radius 1 is 1.00 bits per heavy atom. The Morgan fingerprint density at radius 3 is 2.05 bits per heavy atom. The van der Waals surface area contributed by atoms with Crippen molar-refractivity contribution in [3.63, 3.8) is 0 Å². The first-order valence-corrected chi connectivity index (χ1v) is 7.48. The molecule has 0 unspecified atom stereocenters. The molecule has 0 bridgehead atoms.